The maximum atomic E-state index is 12.5. The van der Waals surface area contributed by atoms with Gasteiger partial charge in [-0.15, -0.1) is 0 Å². The average molecular weight is 248 g/mol. The molecule has 0 bridgehead atoms. The predicted octanol–water partition coefficient (Wildman–Crippen LogP) is 2.15. The van der Waals surface area contributed by atoms with Crippen molar-refractivity contribution in [2.75, 3.05) is 25.9 Å². The van der Waals surface area contributed by atoms with Crippen LogP contribution in [-0.4, -0.2) is 31.0 Å². The van der Waals surface area contributed by atoms with E-state index in [0.29, 0.717) is 17.0 Å². The molecular weight excluding hydrogens is 228 g/mol. The van der Waals surface area contributed by atoms with Crippen LogP contribution < -0.4 is 10.5 Å². The third-order valence-corrected chi connectivity index (χ3v) is 3.44. The van der Waals surface area contributed by atoms with Crippen molar-refractivity contribution in [3.05, 3.63) is 23.8 Å². The number of amides is 1. The van der Waals surface area contributed by atoms with Gasteiger partial charge in [-0.05, 0) is 24.0 Å². The van der Waals surface area contributed by atoms with Crippen molar-refractivity contribution in [1.29, 1.82) is 0 Å². The van der Waals surface area contributed by atoms with Gasteiger partial charge >= 0.3 is 0 Å². The number of methoxy groups -OCH3 is 1. The van der Waals surface area contributed by atoms with Gasteiger partial charge < -0.3 is 15.4 Å². The molecule has 4 heteroatoms. The summed E-state index contributed by atoms with van der Waals surface area (Å²) < 4.78 is 5.24. The number of anilines is 1. The lowest BCUT2D eigenvalue weighted by molar-refractivity contribution is 0.0775. The molecular formula is C14H20N2O2. The minimum absolute atomic E-state index is 0.00438. The Morgan fingerprint density at radius 3 is 2.72 bits per heavy atom. The van der Waals surface area contributed by atoms with Crippen LogP contribution in [0.5, 0.6) is 5.75 Å². The van der Waals surface area contributed by atoms with Gasteiger partial charge in [0, 0.05) is 13.1 Å². The minimum atomic E-state index is 0.00438. The first-order valence-corrected chi connectivity index (χ1v) is 6.16. The number of para-hydroxylation sites is 1. The first-order chi connectivity index (χ1) is 8.44. The van der Waals surface area contributed by atoms with Crippen LogP contribution in [0, 0.1) is 5.41 Å². The normalized spacial score (nSPS) is 17.8. The highest BCUT2D eigenvalue weighted by Crippen LogP contribution is 2.32. The summed E-state index contributed by atoms with van der Waals surface area (Å²) in [5, 5.41) is 0. The smallest absolute Gasteiger partial charge is 0.257 e. The Balaban J connectivity index is 2.27. The molecule has 0 unspecified atom stereocenters. The molecule has 98 valence electrons. The quantitative estimate of drug-likeness (QED) is 0.816. The molecule has 0 atom stereocenters. The fraction of sp³-hybridized carbons (Fsp3) is 0.500. The fourth-order valence-electron chi connectivity index (χ4n) is 2.41. The van der Waals surface area contributed by atoms with Gasteiger partial charge in [-0.25, -0.2) is 0 Å². The van der Waals surface area contributed by atoms with Gasteiger partial charge in [0.15, 0.2) is 5.75 Å². The molecule has 2 rings (SSSR count). The van der Waals surface area contributed by atoms with Crippen LogP contribution >= 0.6 is 0 Å². The monoisotopic (exact) mass is 248 g/mol. The highest BCUT2D eigenvalue weighted by atomic mass is 16.5. The van der Waals surface area contributed by atoms with E-state index in [1.54, 1.807) is 18.2 Å². The Kier molecular flexibility index (Phi) is 3.20. The van der Waals surface area contributed by atoms with Gasteiger partial charge in [0.25, 0.3) is 5.91 Å². The number of ether oxygens (including phenoxy) is 1. The average Bonchev–Trinajstić information content (AvgIpc) is 2.68. The maximum Gasteiger partial charge on any atom is 0.257 e. The van der Waals surface area contributed by atoms with Gasteiger partial charge in [0.1, 0.15) is 0 Å². The Bertz CT molecular complexity index is 469. The summed E-state index contributed by atoms with van der Waals surface area (Å²) in [6, 6.07) is 5.29. The van der Waals surface area contributed by atoms with Crippen molar-refractivity contribution < 1.29 is 9.53 Å². The van der Waals surface area contributed by atoms with E-state index in [1.807, 2.05) is 4.90 Å². The molecule has 2 N–H and O–H groups in total. The Morgan fingerprint density at radius 1 is 1.44 bits per heavy atom. The SMILES string of the molecule is COc1c(N)cccc1C(=O)N1CCC(C)(C)C1. The van der Waals surface area contributed by atoms with Crippen LogP contribution in [-0.2, 0) is 0 Å². The highest BCUT2D eigenvalue weighted by Gasteiger charge is 2.33. The van der Waals surface area contributed by atoms with E-state index in [4.69, 9.17) is 10.5 Å². The molecule has 0 spiro atoms. The zero-order chi connectivity index (χ0) is 13.3. The number of likely N-dealkylation sites (tertiary alicyclic amines) is 1. The molecule has 1 aliphatic heterocycles. The zero-order valence-corrected chi connectivity index (χ0v) is 11.2. The molecule has 0 radical (unpaired) electrons. The van der Waals surface area contributed by atoms with E-state index in [9.17, 15) is 4.79 Å². The lowest BCUT2D eigenvalue weighted by Gasteiger charge is -2.21. The summed E-state index contributed by atoms with van der Waals surface area (Å²) >= 11 is 0. The van der Waals surface area contributed by atoms with Gasteiger partial charge in [0.05, 0.1) is 18.4 Å². The lowest BCUT2D eigenvalue weighted by Crippen LogP contribution is -2.30. The molecule has 1 aromatic rings. The van der Waals surface area contributed by atoms with Crippen molar-refractivity contribution in [3.8, 4) is 5.75 Å². The number of hydrogen-bond acceptors (Lipinski definition) is 3. The van der Waals surface area contributed by atoms with Crippen LogP contribution in [0.25, 0.3) is 0 Å². The summed E-state index contributed by atoms with van der Waals surface area (Å²) in [7, 11) is 1.54. The molecule has 0 aromatic heterocycles. The molecule has 1 aliphatic rings. The standard InChI is InChI=1S/C14H20N2O2/c1-14(2)7-8-16(9-14)13(17)10-5-4-6-11(15)12(10)18-3/h4-6H,7-9,15H2,1-3H3. The fourth-order valence-corrected chi connectivity index (χ4v) is 2.41. The van der Waals surface area contributed by atoms with E-state index >= 15 is 0 Å². The Hall–Kier alpha value is -1.71. The van der Waals surface area contributed by atoms with E-state index < -0.39 is 0 Å². The van der Waals surface area contributed by atoms with E-state index in [0.717, 1.165) is 19.5 Å². The topological polar surface area (TPSA) is 55.6 Å². The highest BCUT2D eigenvalue weighted by molar-refractivity contribution is 5.98. The molecule has 1 amide bonds. The van der Waals surface area contributed by atoms with Crippen LogP contribution in [0.15, 0.2) is 18.2 Å². The summed E-state index contributed by atoms with van der Waals surface area (Å²) in [5.74, 6) is 0.483. The minimum Gasteiger partial charge on any atom is -0.494 e. The second-order valence-electron chi connectivity index (χ2n) is 5.57. The second kappa shape index (κ2) is 4.52. The van der Waals surface area contributed by atoms with Gasteiger partial charge in [-0.1, -0.05) is 19.9 Å². The predicted molar refractivity (Wildman–Crippen MR) is 71.7 cm³/mol. The summed E-state index contributed by atoms with van der Waals surface area (Å²) in [6.45, 7) is 5.93. The molecule has 4 nitrogen and oxygen atoms in total. The summed E-state index contributed by atoms with van der Waals surface area (Å²) in [4.78, 5) is 14.3. The molecule has 1 heterocycles. The van der Waals surface area contributed by atoms with Crippen LogP contribution in [0.4, 0.5) is 5.69 Å². The van der Waals surface area contributed by atoms with Crippen molar-refractivity contribution >= 4 is 11.6 Å². The number of nitrogens with zero attached hydrogens (tertiary/aromatic N) is 1. The Labute approximate surface area is 108 Å². The third kappa shape index (κ3) is 2.28. The van der Waals surface area contributed by atoms with Gasteiger partial charge in [-0.2, -0.15) is 0 Å². The molecule has 18 heavy (non-hydrogen) atoms. The van der Waals surface area contributed by atoms with E-state index in [1.165, 1.54) is 7.11 Å². The van der Waals surface area contributed by atoms with Crippen molar-refractivity contribution in [3.63, 3.8) is 0 Å². The van der Waals surface area contributed by atoms with Crippen LogP contribution in [0.1, 0.15) is 30.6 Å². The van der Waals surface area contributed by atoms with E-state index in [2.05, 4.69) is 13.8 Å². The summed E-state index contributed by atoms with van der Waals surface area (Å²) in [5.41, 5.74) is 7.08. The number of carbonyl (C=O) groups excluding carboxylic acids is 1. The van der Waals surface area contributed by atoms with Crippen LogP contribution in [0.3, 0.4) is 0 Å². The van der Waals surface area contributed by atoms with Crippen molar-refractivity contribution in [1.82, 2.24) is 4.90 Å². The largest absolute Gasteiger partial charge is 0.494 e. The first kappa shape index (κ1) is 12.7. The number of benzene rings is 1. The van der Waals surface area contributed by atoms with Gasteiger partial charge in [-0.3, -0.25) is 4.79 Å². The van der Waals surface area contributed by atoms with Crippen molar-refractivity contribution in [2.24, 2.45) is 5.41 Å². The summed E-state index contributed by atoms with van der Waals surface area (Å²) in [6.07, 6.45) is 1.03. The molecule has 0 saturated carbocycles. The second-order valence-corrected chi connectivity index (χ2v) is 5.57. The van der Waals surface area contributed by atoms with Crippen LogP contribution in [0.2, 0.25) is 0 Å². The number of nitrogens with two attached hydrogens (primary N) is 1. The molecule has 1 saturated heterocycles. The lowest BCUT2D eigenvalue weighted by atomic mass is 9.93. The van der Waals surface area contributed by atoms with Gasteiger partial charge in [0.2, 0.25) is 0 Å². The first-order valence-electron chi connectivity index (χ1n) is 6.16. The number of rotatable bonds is 2. The zero-order valence-electron chi connectivity index (χ0n) is 11.2. The number of carbonyl (C=O) groups is 1. The van der Waals surface area contributed by atoms with Crippen molar-refractivity contribution in [2.45, 2.75) is 20.3 Å². The molecule has 1 fully saturated rings. The van der Waals surface area contributed by atoms with E-state index in [-0.39, 0.29) is 11.3 Å². The molecule has 1 aromatic carbocycles. The Morgan fingerprint density at radius 2 is 2.17 bits per heavy atom. The number of hydrogen-bond donors (Lipinski definition) is 1. The maximum absolute atomic E-state index is 12.5. The third-order valence-electron chi connectivity index (χ3n) is 3.44. The molecule has 0 aliphatic carbocycles. The number of nitrogen functional groups attached to an aromatic ring is 1.